The van der Waals surface area contributed by atoms with E-state index >= 15 is 0 Å². The van der Waals surface area contributed by atoms with Crippen LogP contribution >= 0.6 is 0 Å². The van der Waals surface area contributed by atoms with Crippen LogP contribution in [0.15, 0.2) is 4.99 Å². The standard InChI is InChI=1S/C6H14N2/c1-6(7-2)5-8(3)4/h6H,2,5H2,1,3-4H3/t6-/m1/s1. The molecule has 0 saturated heterocycles. The first-order valence-electron chi connectivity index (χ1n) is 2.77. The summed E-state index contributed by atoms with van der Waals surface area (Å²) in [6.45, 7) is 6.48. The molecule has 0 bridgehead atoms. The van der Waals surface area contributed by atoms with Gasteiger partial charge in [0, 0.05) is 6.54 Å². The van der Waals surface area contributed by atoms with Crippen LogP contribution in [-0.2, 0) is 0 Å². The minimum Gasteiger partial charge on any atom is -0.307 e. The fourth-order valence-electron chi connectivity index (χ4n) is 0.586. The van der Waals surface area contributed by atoms with Crippen molar-refractivity contribution in [3.63, 3.8) is 0 Å². The Morgan fingerprint density at radius 1 is 1.62 bits per heavy atom. The van der Waals surface area contributed by atoms with Crippen LogP contribution in [0.3, 0.4) is 0 Å². The maximum absolute atomic E-state index is 3.84. The van der Waals surface area contributed by atoms with E-state index in [0.29, 0.717) is 6.04 Å². The number of rotatable bonds is 3. The summed E-state index contributed by atoms with van der Waals surface area (Å²) in [6.07, 6.45) is 0. The molecule has 0 fully saturated rings. The second-order valence-electron chi connectivity index (χ2n) is 2.29. The Morgan fingerprint density at radius 3 is 2.25 bits per heavy atom. The van der Waals surface area contributed by atoms with Crippen LogP contribution in [-0.4, -0.2) is 38.3 Å². The normalized spacial score (nSPS) is 14.0. The van der Waals surface area contributed by atoms with E-state index in [1.165, 1.54) is 0 Å². The van der Waals surface area contributed by atoms with Crippen LogP contribution in [0.25, 0.3) is 0 Å². The quantitative estimate of drug-likeness (QED) is 0.491. The number of hydrogen-bond acceptors (Lipinski definition) is 2. The Morgan fingerprint density at radius 2 is 2.12 bits per heavy atom. The van der Waals surface area contributed by atoms with Crippen molar-refractivity contribution in [2.24, 2.45) is 4.99 Å². The first kappa shape index (κ1) is 7.63. The van der Waals surface area contributed by atoms with Crippen molar-refractivity contribution in [1.82, 2.24) is 4.90 Å². The van der Waals surface area contributed by atoms with Gasteiger partial charge in [-0.2, -0.15) is 0 Å². The van der Waals surface area contributed by atoms with Gasteiger partial charge in [-0.05, 0) is 27.7 Å². The number of aliphatic imine (C=N–C) groups is 1. The summed E-state index contributed by atoms with van der Waals surface area (Å²) < 4.78 is 0. The van der Waals surface area contributed by atoms with Crippen LogP contribution in [0, 0.1) is 0 Å². The second kappa shape index (κ2) is 3.61. The average Bonchev–Trinajstić information content (AvgIpc) is 1.65. The molecule has 0 aliphatic rings. The second-order valence-corrected chi connectivity index (χ2v) is 2.29. The highest BCUT2D eigenvalue weighted by Crippen LogP contribution is 1.87. The van der Waals surface area contributed by atoms with Crippen LogP contribution in [0.4, 0.5) is 0 Å². The van der Waals surface area contributed by atoms with Crippen molar-refractivity contribution >= 4 is 6.72 Å². The summed E-state index contributed by atoms with van der Waals surface area (Å²) in [5.41, 5.74) is 0. The predicted octanol–water partition coefficient (Wildman–Crippen LogP) is 0.637. The molecule has 0 heterocycles. The Balaban J connectivity index is 3.23. The fourth-order valence-corrected chi connectivity index (χ4v) is 0.586. The molecule has 0 N–H and O–H groups in total. The predicted molar refractivity (Wildman–Crippen MR) is 37.6 cm³/mol. The van der Waals surface area contributed by atoms with Gasteiger partial charge in [-0.15, -0.1) is 0 Å². The molecule has 0 rings (SSSR count). The molecule has 0 spiro atoms. The Kier molecular flexibility index (Phi) is 3.44. The lowest BCUT2D eigenvalue weighted by atomic mass is 10.3. The lowest BCUT2D eigenvalue weighted by Gasteiger charge is -2.11. The molecular formula is C6H14N2. The molecule has 0 aliphatic heterocycles. The highest BCUT2D eigenvalue weighted by molar-refractivity contribution is 5.23. The first-order chi connectivity index (χ1) is 3.66. The van der Waals surface area contributed by atoms with E-state index in [4.69, 9.17) is 0 Å². The van der Waals surface area contributed by atoms with Gasteiger partial charge in [0.2, 0.25) is 0 Å². The summed E-state index contributed by atoms with van der Waals surface area (Å²) >= 11 is 0. The molecule has 0 saturated carbocycles. The summed E-state index contributed by atoms with van der Waals surface area (Å²) in [7, 11) is 4.06. The van der Waals surface area contributed by atoms with Crippen molar-refractivity contribution in [2.45, 2.75) is 13.0 Å². The minimum atomic E-state index is 0.366. The molecule has 2 heteroatoms. The maximum Gasteiger partial charge on any atom is 0.0590 e. The van der Waals surface area contributed by atoms with Gasteiger partial charge in [0.1, 0.15) is 0 Å². The van der Waals surface area contributed by atoms with Crippen LogP contribution in [0.2, 0.25) is 0 Å². The number of likely N-dealkylation sites (N-methyl/N-ethyl adjacent to an activating group) is 1. The first-order valence-corrected chi connectivity index (χ1v) is 2.77. The summed E-state index contributed by atoms with van der Waals surface area (Å²) in [5.74, 6) is 0. The third-order valence-electron chi connectivity index (χ3n) is 0.941. The Bertz CT molecular complexity index is 68.9. The lowest BCUT2D eigenvalue weighted by molar-refractivity contribution is 0.384. The van der Waals surface area contributed by atoms with Gasteiger partial charge in [-0.1, -0.05) is 0 Å². The topological polar surface area (TPSA) is 15.6 Å². The van der Waals surface area contributed by atoms with E-state index in [2.05, 4.69) is 16.6 Å². The van der Waals surface area contributed by atoms with E-state index < -0.39 is 0 Å². The van der Waals surface area contributed by atoms with Gasteiger partial charge in [0.05, 0.1) is 6.04 Å². The van der Waals surface area contributed by atoms with Gasteiger partial charge in [-0.25, -0.2) is 0 Å². The minimum absolute atomic E-state index is 0.366. The molecule has 48 valence electrons. The van der Waals surface area contributed by atoms with E-state index in [1.54, 1.807) is 0 Å². The third-order valence-corrected chi connectivity index (χ3v) is 0.941. The molecule has 2 nitrogen and oxygen atoms in total. The molecule has 1 atom stereocenters. The largest absolute Gasteiger partial charge is 0.307 e. The zero-order valence-corrected chi connectivity index (χ0v) is 5.89. The van der Waals surface area contributed by atoms with Crippen molar-refractivity contribution < 1.29 is 0 Å². The zero-order chi connectivity index (χ0) is 6.57. The average molecular weight is 114 g/mol. The van der Waals surface area contributed by atoms with Gasteiger partial charge in [0.25, 0.3) is 0 Å². The van der Waals surface area contributed by atoms with Crippen molar-refractivity contribution in [1.29, 1.82) is 0 Å². The zero-order valence-electron chi connectivity index (χ0n) is 5.89. The molecule has 0 aromatic carbocycles. The molecule has 0 aliphatic carbocycles. The van der Waals surface area contributed by atoms with Crippen LogP contribution in [0.5, 0.6) is 0 Å². The molecular weight excluding hydrogens is 100 g/mol. The number of hydrogen-bond donors (Lipinski definition) is 0. The monoisotopic (exact) mass is 114 g/mol. The van der Waals surface area contributed by atoms with E-state index in [-0.39, 0.29) is 0 Å². The Labute approximate surface area is 51.2 Å². The molecule has 0 amide bonds. The fraction of sp³-hybridized carbons (Fsp3) is 0.833. The smallest absolute Gasteiger partial charge is 0.0590 e. The van der Waals surface area contributed by atoms with Gasteiger partial charge >= 0.3 is 0 Å². The molecule has 0 unspecified atom stereocenters. The molecule has 0 aromatic heterocycles. The number of nitrogens with zero attached hydrogens (tertiary/aromatic N) is 2. The highest BCUT2D eigenvalue weighted by atomic mass is 15.1. The summed E-state index contributed by atoms with van der Waals surface area (Å²) in [4.78, 5) is 5.93. The van der Waals surface area contributed by atoms with Gasteiger partial charge < -0.3 is 4.90 Å². The SMILES string of the molecule is C=N[C@H](C)CN(C)C. The van der Waals surface area contributed by atoms with Crippen LogP contribution in [0.1, 0.15) is 6.92 Å². The van der Waals surface area contributed by atoms with Crippen molar-refractivity contribution in [3.8, 4) is 0 Å². The molecule has 8 heavy (non-hydrogen) atoms. The van der Waals surface area contributed by atoms with E-state index in [9.17, 15) is 0 Å². The summed E-state index contributed by atoms with van der Waals surface area (Å²) in [5, 5.41) is 0. The molecule has 0 radical (unpaired) electrons. The maximum atomic E-state index is 3.84. The summed E-state index contributed by atoms with van der Waals surface area (Å²) in [6, 6.07) is 0.366. The van der Waals surface area contributed by atoms with Gasteiger partial charge in [-0.3, -0.25) is 4.99 Å². The van der Waals surface area contributed by atoms with E-state index in [1.807, 2.05) is 21.0 Å². The van der Waals surface area contributed by atoms with Crippen molar-refractivity contribution in [2.75, 3.05) is 20.6 Å². The lowest BCUT2D eigenvalue weighted by Crippen LogP contribution is -2.21. The molecule has 0 aromatic rings. The Hall–Kier alpha value is -0.370. The van der Waals surface area contributed by atoms with E-state index in [0.717, 1.165) is 6.54 Å². The van der Waals surface area contributed by atoms with Crippen molar-refractivity contribution in [3.05, 3.63) is 0 Å². The van der Waals surface area contributed by atoms with Crippen LogP contribution < -0.4 is 0 Å². The highest BCUT2D eigenvalue weighted by Gasteiger charge is 1.95. The van der Waals surface area contributed by atoms with Gasteiger partial charge in [0.15, 0.2) is 0 Å². The third kappa shape index (κ3) is 3.81.